The van der Waals surface area contributed by atoms with Crippen LogP contribution in [-0.2, 0) is 0 Å². The van der Waals surface area contributed by atoms with Gasteiger partial charge < -0.3 is 0 Å². The molecule has 0 bridgehead atoms. The van der Waals surface area contributed by atoms with Crippen molar-refractivity contribution in [3.8, 4) is 0 Å². The second kappa shape index (κ2) is 16.4. The maximum Gasteiger partial charge on any atom is -0.0414 e. The summed E-state index contributed by atoms with van der Waals surface area (Å²) in [4.78, 5) is 0. The van der Waals surface area contributed by atoms with Crippen molar-refractivity contribution in [1.82, 2.24) is 0 Å². The van der Waals surface area contributed by atoms with Crippen LogP contribution in [0.2, 0.25) is 0 Å². The molecule has 0 heteroatoms. The van der Waals surface area contributed by atoms with Crippen LogP contribution in [-0.4, -0.2) is 0 Å². The van der Waals surface area contributed by atoms with Crippen molar-refractivity contribution >= 4 is 0 Å². The van der Waals surface area contributed by atoms with Gasteiger partial charge >= 0.3 is 0 Å². The minimum atomic E-state index is 0.889. The van der Waals surface area contributed by atoms with E-state index in [-0.39, 0.29) is 0 Å². The Morgan fingerprint density at radius 1 is 0.476 bits per heavy atom. The van der Waals surface area contributed by atoms with Crippen molar-refractivity contribution in [2.75, 3.05) is 0 Å². The monoisotopic (exact) mass is 296 g/mol. The topological polar surface area (TPSA) is 0 Å². The molecule has 0 aliphatic rings. The van der Waals surface area contributed by atoms with Gasteiger partial charge in [0, 0.05) is 0 Å². The Kier molecular flexibility index (Phi) is 16.4. The van der Waals surface area contributed by atoms with Gasteiger partial charge in [0.2, 0.25) is 0 Å². The number of unbranched alkanes of at least 4 members (excludes halogenated alkanes) is 8. The van der Waals surface area contributed by atoms with Gasteiger partial charge in [0.1, 0.15) is 0 Å². The molecule has 0 rings (SSSR count). The van der Waals surface area contributed by atoms with E-state index in [1.165, 1.54) is 96.3 Å². The van der Waals surface area contributed by atoms with Gasteiger partial charge in [-0.25, -0.2) is 0 Å². The second-order valence-electron chi connectivity index (χ2n) is 7.60. The molecule has 0 saturated carbocycles. The van der Waals surface area contributed by atoms with Gasteiger partial charge in [0.05, 0.1) is 0 Å². The first kappa shape index (κ1) is 21.0. The lowest BCUT2D eigenvalue weighted by atomic mass is 9.89. The summed E-state index contributed by atoms with van der Waals surface area (Å²) < 4.78 is 0. The summed E-state index contributed by atoms with van der Waals surface area (Å²) in [5.41, 5.74) is 0. The van der Waals surface area contributed by atoms with Gasteiger partial charge in [-0.05, 0) is 11.8 Å². The van der Waals surface area contributed by atoms with Gasteiger partial charge in [-0.1, -0.05) is 124 Å². The molecular weight excluding hydrogens is 252 g/mol. The quantitative estimate of drug-likeness (QED) is 0.252. The highest BCUT2D eigenvalue weighted by molar-refractivity contribution is 4.62. The number of rotatable bonds is 16. The van der Waals surface area contributed by atoms with E-state index in [0.29, 0.717) is 0 Å². The number of hydrogen-bond acceptors (Lipinski definition) is 0. The second-order valence-corrected chi connectivity index (χ2v) is 7.60. The highest BCUT2D eigenvalue weighted by atomic mass is 14.1. The molecule has 21 heavy (non-hydrogen) atoms. The molecule has 0 aromatic heterocycles. The fourth-order valence-corrected chi connectivity index (χ4v) is 3.32. The predicted octanol–water partition coefficient (Wildman–Crippen LogP) is 8.15. The number of hydrogen-bond donors (Lipinski definition) is 0. The van der Waals surface area contributed by atoms with Crippen LogP contribution in [0.4, 0.5) is 0 Å². The zero-order valence-electron chi connectivity index (χ0n) is 15.8. The maximum absolute atomic E-state index is 2.37. The van der Waals surface area contributed by atoms with E-state index in [0.717, 1.165) is 11.8 Å². The molecule has 0 aromatic rings. The molecule has 0 amide bonds. The first-order chi connectivity index (χ1) is 10.2. The summed E-state index contributed by atoms with van der Waals surface area (Å²) in [6.07, 6.45) is 21.9. The van der Waals surface area contributed by atoms with Crippen molar-refractivity contribution < 1.29 is 0 Å². The smallest absolute Gasteiger partial charge is 0.0414 e. The van der Waals surface area contributed by atoms with Crippen molar-refractivity contribution in [3.63, 3.8) is 0 Å². The zero-order valence-corrected chi connectivity index (χ0v) is 15.8. The molecule has 0 fully saturated rings. The minimum absolute atomic E-state index is 0.889. The van der Waals surface area contributed by atoms with Crippen LogP contribution < -0.4 is 0 Å². The molecule has 0 heterocycles. The Morgan fingerprint density at radius 3 is 1.43 bits per heavy atom. The first-order valence-electron chi connectivity index (χ1n) is 10.2. The van der Waals surface area contributed by atoms with Crippen LogP contribution >= 0.6 is 0 Å². The van der Waals surface area contributed by atoms with Crippen molar-refractivity contribution in [2.24, 2.45) is 11.8 Å². The minimum Gasteiger partial charge on any atom is -0.0654 e. The van der Waals surface area contributed by atoms with E-state index in [2.05, 4.69) is 27.7 Å². The van der Waals surface area contributed by atoms with Crippen LogP contribution in [0.3, 0.4) is 0 Å². The lowest BCUT2D eigenvalue weighted by molar-refractivity contribution is 0.359. The lowest BCUT2D eigenvalue weighted by Crippen LogP contribution is -2.02. The normalized spacial score (nSPS) is 13.0. The average molecular weight is 297 g/mol. The van der Waals surface area contributed by atoms with Crippen LogP contribution in [0, 0.1) is 11.8 Å². The van der Waals surface area contributed by atoms with Crippen LogP contribution in [0.25, 0.3) is 0 Å². The highest BCUT2D eigenvalue weighted by Crippen LogP contribution is 2.24. The first-order valence-corrected chi connectivity index (χ1v) is 10.2. The molecule has 1 atom stereocenters. The molecule has 0 aliphatic carbocycles. The molecule has 0 radical (unpaired) electrons. The standard InChI is InChI=1S/C21H44/c1-5-7-9-11-12-14-18-21(17-13-10-8-6-2)19-15-16-20(3)4/h20-21H,5-19H2,1-4H3. The third-order valence-electron chi connectivity index (χ3n) is 4.83. The van der Waals surface area contributed by atoms with Crippen LogP contribution in [0.5, 0.6) is 0 Å². The Morgan fingerprint density at radius 2 is 0.905 bits per heavy atom. The fraction of sp³-hybridized carbons (Fsp3) is 1.00. The van der Waals surface area contributed by atoms with E-state index >= 15 is 0 Å². The van der Waals surface area contributed by atoms with E-state index in [1.54, 1.807) is 0 Å². The largest absolute Gasteiger partial charge is 0.0654 e. The summed E-state index contributed by atoms with van der Waals surface area (Å²) in [7, 11) is 0. The third kappa shape index (κ3) is 16.2. The van der Waals surface area contributed by atoms with Gasteiger partial charge in [-0.2, -0.15) is 0 Å². The van der Waals surface area contributed by atoms with Gasteiger partial charge in [0.15, 0.2) is 0 Å². The summed E-state index contributed by atoms with van der Waals surface area (Å²) in [6.45, 7) is 9.35. The SMILES string of the molecule is CCCCCCCCC(CCCCCC)CCCC(C)C. The Balaban J connectivity index is 3.72. The van der Waals surface area contributed by atoms with Gasteiger partial charge in [-0.3, -0.25) is 0 Å². The van der Waals surface area contributed by atoms with Gasteiger partial charge in [0.25, 0.3) is 0 Å². The van der Waals surface area contributed by atoms with Crippen molar-refractivity contribution in [1.29, 1.82) is 0 Å². The van der Waals surface area contributed by atoms with E-state index in [1.807, 2.05) is 0 Å². The van der Waals surface area contributed by atoms with E-state index in [9.17, 15) is 0 Å². The summed E-state index contributed by atoms with van der Waals surface area (Å²) >= 11 is 0. The lowest BCUT2D eigenvalue weighted by Gasteiger charge is -2.17. The van der Waals surface area contributed by atoms with Crippen molar-refractivity contribution in [2.45, 2.75) is 124 Å². The zero-order chi connectivity index (χ0) is 15.8. The molecule has 0 nitrogen and oxygen atoms in total. The molecule has 0 aromatic carbocycles. The fourth-order valence-electron chi connectivity index (χ4n) is 3.32. The molecule has 128 valence electrons. The third-order valence-corrected chi connectivity index (χ3v) is 4.83. The molecule has 0 aliphatic heterocycles. The maximum atomic E-state index is 2.37. The summed E-state index contributed by atoms with van der Waals surface area (Å²) in [6, 6.07) is 0. The predicted molar refractivity (Wildman–Crippen MR) is 98.9 cm³/mol. The van der Waals surface area contributed by atoms with Crippen LogP contribution in [0.15, 0.2) is 0 Å². The van der Waals surface area contributed by atoms with Crippen molar-refractivity contribution in [3.05, 3.63) is 0 Å². The molecule has 1 unspecified atom stereocenters. The average Bonchev–Trinajstić information content (AvgIpc) is 2.46. The van der Waals surface area contributed by atoms with E-state index in [4.69, 9.17) is 0 Å². The molecular formula is C21H44. The van der Waals surface area contributed by atoms with Crippen LogP contribution in [0.1, 0.15) is 124 Å². The van der Waals surface area contributed by atoms with Gasteiger partial charge in [-0.15, -0.1) is 0 Å². The highest BCUT2D eigenvalue weighted by Gasteiger charge is 2.09. The Hall–Kier alpha value is 0. The molecule has 0 spiro atoms. The Labute approximate surface area is 136 Å². The van der Waals surface area contributed by atoms with E-state index < -0.39 is 0 Å². The molecule has 0 saturated heterocycles. The summed E-state index contributed by atoms with van der Waals surface area (Å²) in [5, 5.41) is 0. The summed E-state index contributed by atoms with van der Waals surface area (Å²) in [5.74, 6) is 1.92. The Bertz CT molecular complexity index is 182. The molecule has 0 N–H and O–H groups in total.